The van der Waals surface area contributed by atoms with Gasteiger partial charge in [0.25, 0.3) is 0 Å². The Morgan fingerprint density at radius 3 is 2.42 bits per heavy atom. The molecule has 0 saturated heterocycles. The van der Waals surface area contributed by atoms with Crippen molar-refractivity contribution in [3.63, 3.8) is 0 Å². The smallest absolute Gasteiger partial charge is 0.387 e. The molecule has 7 heteroatoms. The number of benzene rings is 2. The molecule has 3 rings (SSSR count). The second-order valence-electron chi connectivity index (χ2n) is 5.27. The summed E-state index contributed by atoms with van der Waals surface area (Å²) in [7, 11) is 0. The summed E-state index contributed by atoms with van der Waals surface area (Å²) in [4.78, 5) is 11.5. The molecular formula is C17H15F2N3O2. The molecule has 1 heterocycles. The highest BCUT2D eigenvalue weighted by Crippen LogP contribution is 2.29. The number of rotatable bonds is 4. The van der Waals surface area contributed by atoms with Crippen LogP contribution in [0.1, 0.15) is 17.0 Å². The Hall–Kier alpha value is -2.96. The number of carbonyl (C=O) groups is 1. The van der Waals surface area contributed by atoms with Crippen LogP contribution in [0.25, 0.3) is 0 Å². The Kier molecular flexibility index (Phi) is 4.41. The first kappa shape index (κ1) is 15.9. The third kappa shape index (κ3) is 3.34. The van der Waals surface area contributed by atoms with Crippen molar-refractivity contribution in [2.45, 2.75) is 12.5 Å². The van der Waals surface area contributed by atoms with Crippen molar-refractivity contribution in [2.75, 3.05) is 6.54 Å². The number of hydrazone groups is 1. The molecule has 1 unspecified atom stereocenters. The van der Waals surface area contributed by atoms with Crippen LogP contribution in [0.15, 0.2) is 59.7 Å². The summed E-state index contributed by atoms with van der Waals surface area (Å²) in [6.45, 7) is -2.54. The average Bonchev–Trinajstić information content (AvgIpc) is 3.01. The monoisotopic (exact) mass is 331 g/mol. The van der Waals surface area contributed by atoms with Crippen LogP contribution in [0.3, 0.4) is 0 Å². The summed E-state index contributed by atoms with van der Waals surface area (Å²) in [5, 5.41) is 5.50. The number of nitrogens with two attached hydrogens (primary N) is 1. The molecule has 0 fully saturated rings. The number of halogens is 2. The van der Waals surface area contributed by atoms with Gasteiger partial charge in [0.15, 0.2) is 0 Å². The van der Waals surface area contributed by atoms with Gasteiger partial charge in [-0.25, -0.2) is 9.80 Å². The van der Waals surface area contributed by atoms with E-state index < -0.39 is 12.6 Å². The number of amides is 2. The SMILES string of the molecule is NC(=O)N1CC(c2ccccc2)C(c2ccc(OC(F)F)cc2)=N1. The molecule has 1 aliphatic heterocycles. The Balaban J connectivity index is 1.92. The number of primary amides is 1. The molecule has 124 valence electrons. The molecule has 2 amide bonds. The lowest BCUT2D eigenvalue weighted by Crippen LogP contribution is -2.30. The van der Waals surface area contributed by atoms with Crippen LogP contribution < -0.4 is 10.5 Å². The third-order valence-corrected chi connectivity index (χ3v) is 3.75. The standard InChI is InChI=1S/C17H15F2N3O2/c18-16(19)24-13-8-6-12(7-9-13)15-14(10-22(21-15)17(20)23)11-4-2-1-3-5-11/h1-9,14,16H,10H2,(H2,20,23). The molecular weight excluding hydrogens is 316 g/mol. The van der Waals surface area contributed by atoms with Gasteiger partial charge in [-0.2, -0.15) is 13.9 Å². The fraction of sp³-hybridized carbons (Fsp3) is 0.176. The van der Waals surface area contributed by atoms with E-state index in [-0.39, 0.29) is 11.7 Å². The molecule has 24 heavy (non-hydrogen) atoms. The van der Waals surface area contributed by atoms with Crippen molar-refractivity contribution < 1.29 is 18.3 Å². The minimum Gasteiger partial charge on any atom is -0.435 e. The van der Waals surface area contributed by atoms with Crippen LogP contribution in [-0.2, 0) is 0 Å². The van der Waals surface area contributed by atoms with E-state index in [1.807, 2.05) is 30.3 Å². The summed E-state index contributed by atoms with van der Waals surface area (Å²) >= 11 is 0. The van der Waals surface area contributed by atoms with Gasteiger partial charge in [-0.3, -0.25) is 0 Å². The number of urea groups is 1. The molecule has 5 nitrogen and oxygen atoms in total. The average molecular weight is 331 g/mol. The number of hydrogen-bond donors (Lipinski definition) is 1. The second-order valence-corrected chi connectivity index (χ2v) is 5.27. The van der Waals surface area contributed by atoms with Crippen molar-refractivity contribution in [2.24, 2.45) is 10.8 Å². The fourth-order valence-electron chi connectivity index (χ4n) is 2.65. The number of nitrogens with zero attached hydrogens (tertiary/aromatic N) is 2. The summed E-state index contributed by atoms with van der Waals surface area (Å²) < 4.78 is 28.8. The maximum Gasteiger partial charge on any atom is 0.387 e. The van der Waals surface area contributed by atoms with Crippen molar-refractivity contribution in [1.29, 1.82) is 0 Å². The first-order valence-electron chi connectivity index (χ1n) is 7.30. The summed E-state index contributed by atoms with van der Waals surface area (Å²) in [5.74, 6) is -0.0732. The predicted molar refractivity (Wildman–Crippen MR) is 85.1 cm³/mol. The number of ether oxygens (including phenoxy) is 1. The fourth-order valence-corrected chi connectivity index (χ4v) is 2.65. The van der Waals surface area contributed by atoms with E-state index >= 15 is 0 Å². The van der Waals surface area contributed by atoms with Crippen LogP contribution in [0.2, 0.25) is 0 Å². The molecule has 0 saturated carbocycles. The lowest BCUT2D eigenvalue weighted by Gasteiger charge is -2.14. The van der Waals surface area contributed by atoms with Gasteiger partial charge in [0, 0.05) is 5.92 Å². The third-order valence-electron chi connectivity index (χ3n) is 3.75. The minimum absolute atomic E-state index is 0.0652. The van der Waals surface area contributed by atoms with E-state index in [9.17, 15) is 13.6 Å². The van der Waals surface area contributed by atoms with Crippen LogP contribution in [0.5, 0.6) is 5.75 Å². The quantitative estimate of drug-likeness (QED) is 0.935. The Morgan fingerprint density at radius 1 is 1.17 bits per heavy atom. The van der Waals surface area contributed by atoms with Gasteiger partial charge in [0.05, 0.1) is 12.3 Å². The van der Waals surface area contributed by atoms with Crippen LogP contribution in [0.4, 0.5) is 13.6 Å². The molecule has 0 bridgehead atoms. The predicted octanol–water partition coefficient (Wildman–Crippen LogP) is 3.17. The van der Waals surface area contributed by atoms with Crippen molar-refractivity contribution in [3.05, 3.63) is 65.7 Å². The molecule has 1 atom stereocenters. The molecule has 0 spiro atoms. The molecule has 0 aliphatic carbocycles. The Labute approximate surface area is 137 Å². The molecule has 1 aliphatic rings. The Morgan fingerprint density at radius 2 is 1.83 bits per heavy atom. The number of alkyl halides is 2. The zero-order chi connectivity index (χ0) is 17.1. The van der Waals surface area contributed by atoms with Gasteiger partial charge in [-0.15, -0.1) is 0 Å². The van der Waals surface area contributed by atoms with Gasteiger partial charge < -0.3 is 10.5 Å². The zero-order valence-electron chi connectivity index (χ0n) is 12.6. The van der Waals surface area contributed by atoms with Gasteiger partial charge >= 0.3 is 12.6 Å². The topological polar surface area (TPSA) is 67.9 Å². The van der Waals surface area contributed by atoms with Crippen molar-refractivity contribution >= 4 is 11.7 Å². The largest absolute Gasteiger partial charge is 0.435 e. The van der Waals surface area contributed by atoms with Gasteiger partial charge in [-0.1, -0.05) is 30.3 Å². The lowest BCUT2D eigenvalue weighted by molar-refractivity contribution is -0.0498. The summed E-state index contributed by atoms with van der Waals surface area (Å²) in [5.41, 5.74) is 7.70. The summed E-state index contributed by atoms with van der Waals surface area (Å²) in [6, 6.07) is 15.1. The zero-order valence-corrected chi connectivity index (χ0v) is 12.6. The van der Waals surface area contributed by atoms with E-state index in [1.54, 1.807) is 12.1 Å². The van der Waals surface area contributed by atoms with Crippen LogP contribution >= 0.6 is 0 Å². The van der Waals surface area contributed by atoms with E-state index in [2.05, 4.69) is 9.84 Å². The molecule has 0 aromatic heterocycles. The van der Waals surface area contributed by atoms with Gasteiger partial charge in [-0.05, 0) is 35.4 Å². The first-order chi connectivity index (χ1) is 11.5. The maximum absolute atomic E-state index is 12.2. The second kappa shape index (κ2) is 6.66. The van der Waals surface area contributed by atoms with Gasteiger partial charge in [0.1, 0.15) is 5.75 Å². The van der Waals surface area contributed by atoms with Crippen LogP contribution in [0, 0.1) is 0 Å². The van der Waals surface area contributed by atoms with Crippen LogP contribution in [-0.4, -0.2) is 29.9 Å². The Bertz CT molecular complexity index is 748. The van der Waals surface area contributed by atoms with E-state index in [0.29, 0.717) is 17.8 Å². The van der Waals surface area contributed by atoms with E-state index in [1.165, 1.54) is 17.1 Å². The maximum atomic E-state index is 12.2. The minimum atomic E-state index is -2.87. The summed E-state index contributed by atoms with van der Waals surface area (Å²) in [6.07, 6.45) is 0. The van der Waals surface area contributed by atoms with Crippen molar-refractivity contribution in [1.82, 2.24) is 5.01 Å². The number of carbonyl (C=O) groups excluding carboxylic acids is 1. The first-order valence-corrected chi connectivity index (χ1v) is 7.30. The highest BCUT2D eigenvalue weighted by atomic mass is 19.3. The van der Waals surface area contributed by atoms with E-state index in [4.69, 9.17) is 5.73 Å². The molecule has 2 N–H and O–H groups in total. The molecule has 2 aromatic rings. The van der Waals surface area contributed by atoms with Crippen molar-refractivity contribution in [3.8, 4) is 5.75 Å². The molecule has 2 aromatic carbocycles. The molecule has 0 radical (unpaired) electrons. The highest BCUT2D eigenvalue weighted by Gasteiger charge is 2.31. The highest BCUT2D eigenvalue weighted by molar-refractivity contribution is 6.07. The van der Waals surface area contributed by atoms with Gasteiger partial charge in [0.2, 0.25) is 0 Å². The number of hydrogen-bond acceptors (Lipinski definition) is 3. The lowest BCUT2D eigenvalue weighted by atomic mass is 9.90. The van der Waals surface area contributed by atoms with E-state index in [0.717, 1.165) is 5.56 Å². The normalized spacial score (nSPS) is 17.0.